The van der Waals surface area contributed by atoms with Crippen molar-refractivity contribution in [1.29, 1.82) is 0 Å². The van der Waals surface area contributed by atoms with E-state index < -0.39 is 6.36 Å². The number of fused-ring (bicyclic) bond motifs is 1. The Morgan fingerprint density at radius 2 is 1.76 bits per heavy atom. The van der Waals surface area contributed by atoms with Gasteiger partial charge >= 0.3 is 6.36 Å². The van der Waals surface area contributed by atoms with Crippen molar-refractivity contribution in [2.24, 2.45) is 0 Å². The average Bonchev–Trinajstić information content (AvgIpc) is 3.51. The summed E-state index contributed by atoms with van der Waals surface area (Å²) >= 11 is 0. The molecule has 1 amide bonds. The summed E-state index contributed by atoms with van der Waals surface area (Å²) in [6.45, 7) is 3.93. The lowest BCUT2D eigenvalue weighted by molar-refractivity contribution is -0.274. The zero-order chi connectivity index (χ0) is 23.9. The zero-order valence-corrected chi connectivity index (χ0v) is 18.6. The van der Waals surface area contributed by atoms with E-state index in [1.807, 2.05) is 17.2 Å². The minimum absolute atomic E-state index is 0.0563. The van der Waals surface area contributed by atoms with Crippen LogP contribution in [0.5, 0.6) is 5.75 Å². The Kier molecular flexibility index (Phi) is 6.03. The van der Waals surface area contributed by atoms with Gasteiger partial charge in [-0.2, -0.15) is 0 Å². The van der Waals surface area contributed by atoms with Gasteiger partial charge in [0.2, 0.25) is 5.91 Å². The van der Waals surface area contributed by atoms with E-state index in [4.69, 9.17) is 0 Å². The number of hydrogen-bond donors (Lipinski definition) is 2. The average molecular weight is 476 g/mol. The summed E-state index contributed by atoms with van der Waals surface area (Å²) in [6.07, 6.45) is -1.71. The summed E-state index contributed by atoms with van der Waals surface area (Å²) < 4.78 is 41.1. The van der Waals surface area contributed by atoms with Crippen LogP contribution in [0, 0.1) is 0 Å². The number of hydrogen-bond acceptors (Lipinski definition) is 5. The summed E-state index contributed by atoms with van der Waals surface area (Å²) in [7, 11) is 0. The Labute approximate surface area is 195 Å². The lowest BCUT2D eigenvalue weighted by atomic mass is 10.1. The third-order valence-corrected chi connectivity index (χ3v) is 6.90. The molecule has 2 aromatic rings. The monoisotopic (exact) mass is 476 g/mol. The van der Waals surface area contributed by atoms with Crippen LogP contribution < -0.4 is 9.64 Å². The van der Waals surface area contributed by atoms with Gasteiger partial charge in [-0.15, -0.1) is 13.2 Å². The number of amides is 1. The molecule has 1 unspecified atom stereocenters. The van der Waals surface area contributed by atoms with Crippen molar-refractivity contribution in [2.45, 2.75) is 31.8 Å². The predicted octanol–water partition coefficient (Wildman–Crippen LogP) is 2.68. The molecule has 0 saturated heterocycles. The van der Waals surface area contributed by atoms with Crippen LogP contribution >= 0.6 is 0 Å². The van der Waals surface area contributed by atoms with Crippen molar-refractivity contribution >= 4 is 11.6 Å². The first-order chi connectivity index (χ1) is 16.3. The molecule has 0 saturated carbocycles. The number of halogens is 3. The van der Waals surface area contributed by atoms with E-state index in [0.717, 1.165) is 17.7 Å². The van der Waals surface area contributed by atoms with Crippen LogP contribution in [0.15, 0.2) is 47.7 Å². The highest BCUT2D eigenvalue weighted by Crippen LogP contribution is 2.32. The fourth-order valence-corrected chi connectivity index (χ4v) is 5.11. The maximum atomic E-state index is 12.9. The number of nitrogens with zero attached hydrogens (tertiary/aromatic N) is 3. The van der Waals surface area contributed by atoms with E-state index in [9.17, 15) is 23.1 Å². The number of anilines is 1. The van der Waals surface area contributed by atoms with E-state index in [1.165, 1.54) is 29.0 Å². The fraction of sp³-hybridized carbons (Fsp3) is 0.458. The van der Waals surface area contributed by atoms with Gasteiger partial charge in [0.05, 0.1) is 6.61 Å². The smallest absolute Gasteiger partial charge is 0.406 e. The molecule has 34 heavy (non-hydrogen) atoms. The van der Waals surface area contributed by atoms with Crippen molar-refractivity contribution in [2.75, 3.05) is 44.2 Å². The molecular formula is C24H27F3N4O3. The number of aliphatic hydroxyl groups excluding tert-OH is 1. The molecule has 0 bridgehead atoms. The minimum Gasteiger partial charge on any atom is -0.406 e. The number of carbonyl (C=O) groups is 1. The maximum absolute atomic E-state index is 12.9. The van der Waals surface area contributed by atoms with E-state index in [2.05, 4.69) is 19.5 Å². The maximum Gasteiger partial charge on any atom is 0.573 e. The van der Waals surface area contributed by atoms with Crippen LogP contribution in [-0.2, 0) is 17.8 Å². The number of aliphatic hydroxyl groups is 1. The highest BCUT2D eigenvalue weighted by molar-refractivity contribution is 5.77. The summed E-state index contributed by atoms with van der Waals surface area (Å²) in [5, 5.41) is 10.0. The first-order valence-electron chi connectivity index (χ1n) is 11.4. The lowest BCUT2D eigenvalue weighted by Crippen LogP contribution is -2.44. The molecule has 0 radical (unpaired) electrons. The van der Waals surface area contributed by atoms with Crippen molar-refractivity contribution in [3.63, 3.8) is 0 Å². The van der Waals surface area contributed by atoms with Gasteiger partial charge < -0.3 is 24.6 Å². The summed E-state index contributed by atoms with van der Waals surface area (Å²) in [4.78, 5) is 22.3. The zero-order valence-electron chi connectivity index (χ0n) is 18.6. The molecule has 0 aliphatic carbocycles. The van der Waals surface area contributed by atoms with Gasteiger partial charge in [-0.05, 0) is 47.0 Å². The number of H-pyrrole nitrogens is 1. The predicted molar refractivity (Wildman–Crippen MR) is 119 cm³/mol. The number of aromatic nitrogens is 1. The molecule has 5 rings (SSSR count). The van der Waals surface area contributed by atoms with Crippen LogP contribution in [0.4, 0.5) is 18.9 Å². The molecule has 3 aliphatic rings. The Morgan fingerprint density at radius 1 is 1.06 bits per heavy atom. The number of ether oxygens (including phenoxy) is 1. The second-order valence-electron chi connectivity index (χ2n) is 9.10. The molecule has 1 aromatic carbocycles. The van der Waals surface area contributed by atoms with Crippen molar-refractivity contribution in [3.8, 4) is 5.75 Å². The molecule has 7 nitrogen and oxygen atoms in total. The third kappa shape index (κ3) is 4.78. The molecule has 4 heterocycles. The van der Waals surface area contributed by atoms with Gasteiger partial charge in [0.1, 0.15) is 5.75 Å². The Bertz CT molecular complexity index is 1060. The van der Waals surface area contributed by atoms with Crippen molar-refractivity contribution in [3.05, 3.63) is 58.9 Å². The number of carbonyl (C=O) groups excluding carboxylic acids is 1. The molecule has 0 fully saturated rings. The second kappa shape index (κ2) is 8.99. The number of alkyl halides is 3. The van der Waals surface area contributed by atoms with Gasteiger partial charge in [0.15, 0.2) is 0 Å². The molecule has 1 atom stereocenters. The molecule has 3 aliphatic heterocycles. The number of rotatable bonds is 6. The van der Waals surface area contributed by atoms with Gasteiger partial charge in [-0.3, -0.25) is 9.69 Å². The summed E-state index contributed by atoms with van der Waals surface area (Å²) in [5.74, 6) is -0.181. The van der Waals surface area contributed by atoms with Crippen LogP contribution in [0.1, 0.15) is 17.7 Å². The molecule has 182 valence electrons. The molecule has 1 aromatic heterocycles. The fourth-order valence-electron chi connectivity index (χ4n) is 5.11. The minimum atomic E-state index is -4.70. The number of nitrogens with one attached hydrogen (secondary N) is 1. The van der Waals surface area contributed by atoms with E-state index >= 15 is 0 Å². The Balaban J connectivity index is 1.14. The number of aromatic amines is 1. The van der Waals surface area contributed by atoms with Gasteiger partial charge in [-0.25, -0.2) is 0 Å². The Morgan fingerprint density at radius 3 is 2.41 bits per heavy atom. The first kappa shape index (κ1) is 22.8. The van der Waals surface area contributed by atoms with E-state index in [0.29, 0.717) is 39.3 Å². The normalized spacial score (nSPS) is 19.4. The summed E-state index contributed by atoms with van der Waals surface area (Å²) in [5.41, 5.74) is 5.67. The third-order valence-electron chi connectivity index (χ3n) is 6.90. The van der Waals surface area contributed by atoms with Gasteiger partial charge in [0.25, 0.3) is 0 Å². The lowest BCUT2D eigenvalue weighted by Gasteiger charge is -2.32. The van der Waals surface area contributed by atoms with Crippen molar-refractivity contribution < 1.29 is 27.8 Å². The highest BCUT2D eigenvalue weighted by Gasteiger charge is 2.35. The molecule has 0 spiro atoms. The highest BCUT2D eigenvalue weighted by atomic mass is 19.4. The first-order valence-corrected chi connectivity index (χ1v) is 11.4. The van der Waals surface area contributed by atoms with Crippen LogP contribution in [-0.4, -0.2) is 77.5 Å². The molecule has 10 heteroatoms. The van der Waals surface area contributed by atoms with Gasteiger partial charge in [-0.1, -0.05) is 0 Å². The second-order valence-corrected chi connectivity index (χ2v) is 9.10. The van der Waals surface area contributed by atoms with E-state index in [1.54, 1.807) is 12.1 Å². The largest absolute Gasteiger partial charge is 0.573 e. The topological polar surface area (TPSA) is 72.0 Å². The quantitative estimate of drug-likeness (QED) is 0.628. The van der Waals surface area contributed by atoms with Gasteiger partial charge in [0, 0.05) is 75.7 Å². The summed E-state index contributed by atoms with van der Waals surface area (Å²) in [6, 6.07) is 7.68. The van der Waals surface area contributed by atoms with Crippen molar-refractivity contribution in [1.82, 2.24) is 14.8 Å². The van der Waals surface area contributed by atoms with Crippen LogP contribution in [0.25, 0.3) is 0 Å². The van der Waals surface area contributed by atoms with E-state index in [-0.39, 0.29) is 30.7 Å². The number of benzene rings is 1. The molecule has 2 N–H and O–H groups in total. The molecular weight excluding hydrogens is 449 g/mol. The standard InChI is InChI=1S/C24H27F3N4O3/c25-24(26,27)34-21-3-1-19(2-4-21)30-11-17-13-31(14-18(17)12-30)20(15-32)9-23(33)29-8-6-22-16(10-29)5-7-28-22/h1-5,7,20,28,32H,6,8-15H2. The SMILES string of the molecule is O=C(CC(CO)N1CC2=C(CN(c3ccc(OC(F)(F)F)cc3)C2)C1)N1CCc2[nH]ccc2C1. The van der Waals surface area contributed by atoms with Crippen LogP contribution in [0.2, 0.25) is 0 Å². The Hall–Kier alpha value is -2.98. The van der Waals surface area contributed by atoms with Crippen LogP contribution in [0.3, 0.4) is 0 Å².